The Morgan fingerprint density at radius 1 is 0.727 bits per heavy atom. The van der Waals surface area contributed by atoms with Gasteiger partial charge in [0, 0.05) is 12.0 Å². The summed E-state index contributed by atoms with van der Waals surface area (Å²) in [4.78, 5) is 0. The zero-order valence-corrected chi connectivity index (χ0v) is 13.7. The largest absolute Gasteiger partial charge is 0.327 e. The SMILES string of the molecule is CCCCCCCC(N)C(c1ccccc1)c1ccccc1. The molecule has 0 aliphatic heterocycles. The van der Waals surface area contributed by atoms with Gasteiger partial charge in [0.15, 0.2) is 0 Å². The van der Waals surface area contributed by atoms with Crippen molar-refractivity contribution in [3.63, 3.8) is 0 Å². The fraction of sp³-hybridized carbons (Fsp3) is 0.429. The van der Waals surface area contributed by atoms with Crippen molar-refractivity contribution < 1.29 is 0 Å². The van der Waals surface area contributed by atoms with Crippen LogP contribution in [0, 0.1) is 0 Å². The molecular formula is C21H29N. The van der Waals surface area contributed by atoms with Gasteiger partial charge in [-0.05, 0) is 17.5 Å². The minimum absolute atomic E-state index is 0.187. The van der Waals surface area contributed by atoms with Gasteiger partial charge >= 0.3 is 0 Å². The molecule has 1 heteroatoms. The normalized spacial score (nSPS) is 12.5. The predicted molar refractivity (Wildman–Crippen MR) is 96.1 cm³/mol. The number of hydrogen-bond donors (Lipinski definition) is 1. The summed E-state index contributed by atoms with van der Waals surface area (Å²) in [6.07, 6.45) is 7.61. The molecule has 118 valence electrons. The monoisotopic (exact) mass is 295 g/mol. The summed E-state index contributed by atoms with van der Waals surface area (Å²) in [6.45, 7) is 2.26. The molecule has 1 nitrogen and oxygen atoms in total. The smallest absolute Gasteiger partial charge is 0.0241 e. The second-order valence-electron chi connectivity index (χ2n) is 6.17. The minimum Gasteiger partial charge on any atom is -0.327 e. The van der Waals surface area contributed by atoms with Crippen molar-refractivity contribution in [3.8, 4) is 0 Å². The summed E-state index contributed by atoms with van der Waals surface area (Å²) in [5, 5.41) is 0. The molecule has 0 spiro atoms. The third-order valence-electron chi connectivity index (χ3n) is 4.39. The van der Waals surface area contributed by atoms with E-state index in [-0.39, 0.29) is 6.04 Å². The zero-order chi connectivity index (χ0) is 15.6. The lowest BCUT2D eigenvalue weighted by atomic mass is 9.83. The Bertz CT molecular complexity index is 466. The molecule has 2 N–H and O–H groups in total. The number of nitrogens with two attached hydrogens (primary N) is 1. The van der Waals surface area contributed by atoms with Crippen molar-refractivity contribution >= 4 is 0 Å². The first kappa shape index (κ1) is 16.8. The summed E-state index contributed by atoms with van der Waals surface area (Å²) in [5.41, 5.74) is 9.25. The van der Waals surface area contributed by atoms with E-state index in [2.05, 4.69) is 67.6 Å². The van der Waals surface area contributed by atoms with Gasteiger partial charge in [0.25, 0.3) is 0 Å². The third-order valence-corrected chi connectivity index (χ3v) is 4.39. The Hall–Kier alpha value is -1.60. The second kappa shape index (κ2) is 9.42. The summed E-state index contributed by atoms with van der Waals surface area (Å²) in [5.74, 6) is 0.300. The van der Waals surface area contributed by atoms with E-state index in [9.17, 15) is 0 Å². The average Bonchev–Trinajstić information content (AvgIpc) is 2.57. The van der Waals surface area contributed by atoms with Gasteiger partial charge in [0.1, 0.15) is 0 Å². The van der Waals surface area contributed by atoms with Crippen LogP contribution in [0.3, 0.4) is 0 Å². The first-order valence-corrected chi connectivity index (χ1v) is 8.68. The molecule has 0 heterocycles. The molecule has 0 bridgehead atoms. The second-order valence-corrected chi connectivity index (χ2v) is 6.17. The van der Waals surface area contributed by atoms with E-state index < -0.39 is 0 Å². The Morgan fingerprint density at radius 3 is 1.73 bits per heavy atom. The number of benzene rings is 2. The van der Waals surface area contributed by atoms with Gasteiger partial charge in [0.05, 0.1) is 0 Å². The molecule has 2 rings (SSSR count). The number of hydrogen-bond acceptors (Lipinski definition) is 1. The van der Waals surface area contributed by atoms with E-state index in [1.165, 1.54) is 43.2 Å². The van der Waals surface area contributed by atoms with Gasteiger partial charge in [0.2, 0.25) is 0 Å². The molecule has 22 heavy (non-hydrogen) atoms. The Kier molecular flexibility index (Phi) is 7.18. The topological polar surface area (TPSA) is 26.0 Å². The maximum atomic E-state index is 6.60. The predicted octanol–water partition coefficient (Wildman–Crippen LogP) is 5.51. The quantitative estimate of drug-likeness (QED) is 0.607. The molecule has 0 amide bonds. The van der Waals surface area contributed by atoms with Crippen LogP contribution in [0.4, 0.5) is 0 Å². The molecule has 2 aromatic carbocycles. The fourth-order valence-corrected chi connectivity index (χ4v) is 3.16. The van der Waals surface area contributed by atoms with Gasteiger partial charge in [-0.15, -0.1) is 0 Å². The van der Waals surface area contributed by atoms with E-state index in [1.807, 2.05) is 0 Å². The first-order valence-electron chi connectivity index (χ1n) is 8.68. The minimum atomic E-state index is 0.187. The Morgan fingerprint density at radius 2 is 1.23 bits per heavy atom. The van der Waals surface area contributed by atoms with Crippen LogP contribution in [0.1, 0.15) is 62.5 Å². The van der Waals surface area contributed by atoms with Crippen LogP contribution >= 0.6 is 0 Å². The van der Waals surface area contributed by atoms with Crippen molar-refractivity contribution in [1.82, 2.24) is 0 Å². The highest BCUT2D eigenvalue weighted by Crippen LogP contribution is 2.29. The van der Waals surface area contributed by atoms with E-state index in [4.69, 9.17) is 5.73 Å². The van der Waals surface area contributed by atoms with Gasteiger partial charge in [-0.25, -0.2) is 0 Å². The molecule has 0 aliphatic carbocycles. The van der Waals surface area contributed by atoms with Crippen LogP contribution in [0.15, 0.2) is 60.7 Å². The van der Waals surface area contributed by atoms with E-state index >= 15 is 0 Å². The lowest BCUT2D eigenvalue weighted by molar-refractivity contribution is 0.504. The first-order chi connectivity index (χ1) is 10.8. The van der Waals surface area contributed by atoms with Crippen molar-refractivity contribution in [2.45, 2.75) is 57.4 Å². The Balaban J connectivity index is 2.05. The van der Waals surface area contributed by atoms with Crippen molar-refractivity contribution in [2.24, 2.45) is 5.73 Å². The van der Waals surface area contributed by atoms with E-state index in [0.29, 0.717) is 5.92 Å². The van der Waals surface area contributed by atoms with Gasteiger partial charge in [-0.2, -0.15) is 0 Å². The Labute approximate surface area is 135 Å². The lowest BCUT2D eigenvalue weighted by Gasteiger charge is -2.25. The molecule has 0 saturated carbocycles. The van der Waals surface area contributed by atoms with Crippen LogP contribution in [0.25, 0.3) is 0 Å². The van der Waals surface area contributed by atoms with E-state index in [1.54, 1.807) is 0 Å². The summed E-state index contributed by atoms with van der Waals surface area (Å²) < 4.78 is 0. The molecule has 0 aromatic heterocycles. The van der Waals surface area contributed by atoms with Crippen LogP contribution in [-0.4, -0.2) is 6.04 Å². The van der Waals surface area contributed by atoms with Crippen LogP contribution < -0.4 is 5.73 Å². The standard InChI is InChI=1S/C21H29N/c1-2-3-4-5-12-17-20(22)21(18-13-8-6-9-14-18)19-15-10-7-11-16-19/h6-11,13-16,20-21H,2-5,12,17,22H2,1H3. The van der Waals surface area contributed by atoms with Crippen LogP contribution in [0.2, 0.25) is 0 Å². The summed E-state index contributed by atoms with van der Waals surface area (Å²) >= 11 is 0. The molecule has 0 saturated heterocycles. The highest BCUT2D eigenvalue weighted by molar-refractivity contribution is 5.34. The molecule has 0 radical (unpaired) electrons. The van der Waals surface area contributed by atoms with Crippen LogP contribution in [-0.2, 0) is 0 Å². The molecule has 2 aromatic rings. The fourth-order valence-electron chi connectivity index (χ4n) is 3.16. The highest BCUT2D eigenvalue weighted by Gasteiger charge is 2.21. The molecular weight excluding hydrogens is 266 g/mol. The van der Waals surface area contributed by atoms with Gasteiger partial charge in [-0.1, -0.05) is 99.7 Å². The zero-order valence-electron chi connectivity index (χ0n) is 13.7. The van der Waals surface area contributed by atoms with Gasteiger partial charge < -0.3 is 5.73 Å². The maximum Gasteiger partial charge on any atom is 0.0241 e. The molecule has 0 aliphatic rings. The molecule has 1 atom stereocenters. The molecule has 1 unspecified atom stereocenters. The lowest BCUT2D eigenvalue weighted by Crippen LogP contribution is -2.29. The van der Waals surface area contributed by atoms with Crippen LogP contribution in [0.5, 0.6) is 0 Å². The third kappa shape index (κ3) is 4.99. The van der Waals surface area contributed by atoms with Crippen molar-refractivity contribution in [1.29, 1.82) is 0 Å². The van der Waals surface area contributed by atoms with Gasteiger partial charge in [-0.3, -0.25) is 0 Å². The summed E-state index contributed by atoms with van der Waals surface area (Å²) in [6, 6.07) is 21.6. The molecule has 0 fully saturated rings. The van der Waals surface area contributed by atoms with E-state index in [0.717, 1.165) is 6.42 Å². The number of rotatable bonds is 9. The average molecular weight is 295 g/mol. The maximum absolute atomic E-state index is 6.60. The number of unbranched alkanes of at least 4 members (excludes halogenated alkanes) is 4. The van der Waals surface area contributed by atoms with Crippen molar-refractivity contribution in [3.05, 3.63) is 71.8 Å². The summed E-state index contributed by atoms with van der Waals surface area (Å²) in [7, 11) is 0. The van der Waals surface area contributed by atoms with Crippen molar-refractivity contribution in [2.75, 3.05) is 0 Å². The highest BCUT2D eigenvalue weighted by atomic mass is 14.6.